The molecule has 1 aliphatic heterocycles. The Labute approximate surface area is 197 Å². The van der Waals surface area contributed by atoms with Gasteiger partial charge in [-0.1, -0.05) is 18.2 Å². The topological polar surface area (TPSA) is 73.4 Å². The van der Waals surface area contributed by atoms with E-state index in [9.17, 15) is 9.18 Å². The number of hydrogen-bond acceptors (Lipinski definition) is 6. The van der Waals surface area contributed by atoms with Crippen LogP contribution < -0.4 is 20.9 Å². The summed E-state index contributed by atoms with van der Waals surface area (Å²) in [5.41, 5.74) is 7.53. The summed E-state index contributed by atoms with van der Waals surface area (Å²) in [6.07, 6.45) is 1.78. The van der Waals surface area contributed by atoms with E-state index in [0.717, 1.165) is 28.0 Å². The molecule has 0 saturated heterocycles. The SMILES string of the molecule is CC(C)NC(=O)c1ccc(-c2ccc3c(n2)N(Cc2ccc4ncccc4c2)NN3C)cc1F. The maximum atomic E-state index is 14.7. The number of fused-ring (bicyclic) bond motifs is 2. The lowest BCUT2D eigenvalue weighted by Gasteiger charge is -2.19. The zero-order valence-electron chi connectivity index (χ0n) is 19.2. The van der Waals surface area contributed by atoms with Gasteiger partial charge in [-0.05, 0) is 61.9 Å². The highest BCUT2D eigenvalue weighted by atomic mass is 19.1. The molecule has 1 aliphatic rings. The molecule has 2 aromatic carbocycles. The van der Waals surface area contributed by atoms with Crippen molar-refractivity contribution in [1.29, 1.82) is 0 Å². The van der Waals surface area contributed by atoms with E-state index in [1.807, 2.05) is 61.2 Å². The van der Waals surface area contributed by atoms with Gasteiger partial charge in [0.1, 0.15) is 5.82 Å². The molecule has 2 N–H and O–H groups in total. The Morgan fingerprint density at radius 2 is 1.97 bits per heavy atom. The van der Waals surface area contributed by atoms with Crippen molar-refractivity contribution in [1.82, 2.24) is 20.8 Å². The highest BCUT2D eigenvalue weighted by Gasteiger charge is 2.26. The Hall–Kier alpha value is -4.04. The van der Waals surface area contributed by atoms with Crippen molar-refractivity contribution in [3.05, 3.63) is 83.8 Å². The monoisotopic (exact) mass is 456 g/mol. The highest BCUT2D eigenvalue weighted by molar-refractivity contribution is 5.95. The first-order chi connectivity index (χ1) is 16.4. The van der Waals surface area contributed by atoms with E-state index in [4.69, 9.17) is 4.98 Å². The summed E-state index contributed by atoms with van der Waals surface area (Å²) in [6, 6.07) is 18.5. The van der Waals surface area contributed by atoms with E-state index in [2.05, 4.69) is 28.0 Å². The minimum Gasteiger partial charge on any atom is -0.350 e. The fourth-order valence-electron chi connectivity index (χ4n) is 4.06. The zero-order chi connectivity index (χ0) is 23.8. The molecule has 0 aliphatic carbocycles. The van der Waals surface area contributed by atoms with E-state index in [1.54, 1.807) is 12.3 Å². The summed E-state index contributed by atoms with van der Waals surface area (Å²) in [4.78, 5) is 21.4. The normalized spacial score (nSPS) is 13.0. The maximum Gasteiger partial charge on any atom is 0.254 e. The largest absolute Gasteiger partial charge is 0.350 e. The molecular formula is C26H25FN6O. The van der Waals surface area contributed by atoms with E-state index in [0.29, 0.717) is 17.8 Å². The molecule has 172 valence electrons. The Kier molecular flexibility index (Phi) is 5.59. The lowest BCUT2D eigenvalue weighted by molar-refractivity contribution is 0.0939. The maximum absolute atomic E-state index is 14.7. The van der Waals surface area contributed by atoms with Gasteiger partial charge < -0.3 is 5.32 Å². The van der Waals surface area contributed by atoms with Crippen LogP contribution in [0.3, 0.4) is 0 Å². The van der Waals surface area contributed by atoms with Crippen molar-refractivity contribution in [3.8, 4) is 11.3 Å². The van der Waals surface area contributed by atoms with Gasteiger partial charge in [0, 0.05) is 30.2 Å². The van der Waals surface area contributed by atoms with Crippen LogP contribution in [0.1, 0.15) is 29.8 Å². The van der Waals surface area contributed by atoms with Gasteiger partial charge in [0.15, 0.2) is 5.82 Å². The van der Waals surface area contributed by atoms with Crippen LogP contribution in [0.15, 0.2) is 66.9 Å². The van der Waals surface area contributed by atoms with Crippen LogP contribution in [0.2, 0.25) is 0 Å². The number of anilines is 2. The standard InChI is InChI=1S/C26H25FN6O/c1-16(2)29-26(34)20-8-7-19(14-21(20)27)23-10-11-24-25(30-23)33(31-32(24)3)15-17-6-9-22-18(13-17)5-4-12-28-22/h4-14,16,31H,15H2,1-3H3,(H,29,34). The van der Waals surface area contributed by atoms with Crippen LogP contribution in [-0.4, -0.2) is 29.0 Å². The number of carbonyl (C=O) groups is 1. The van der Waals surface area contributed by atoms with Crippen LogP contribution in [0.5, 0.6) is 0 Å². The van der Waals surface area contributed by atoms with Crippen molar-refractivity contribution in [2.24, 2.45) is 0 Å². The predicted octanol–water partition coefficient (Wildman–Crippen LogP) is 4.45. The van der Waals surface area contributed by atoms with Crippen molar-refractivity contribution < 1.29 is 9.18 Å². The summed E-state index contributed by atoms with van der Waals surface area (Å²) >= 11 is 0. The van der Waals surface area contributed by atoms with Crippen molar-refractivity contribution in [2.75, 3.05) is 17.1 Å². The van der Waals surface area contributed by atoms with Gasteiger partial charge in [-0.2, -0.15) is 0 Å². The predicted molar refractivity (Wildman–Crippen MR) is 132 cm³/mol. The molecule has 0 fully saturated rings. The fourth-order valence-corrected chi connectivity index (χ4v) is 4.06. The molecule has 4 aromatic rings. The molecule has 0 spiro atoms. The summed E-state index contributed by atoms with van der Waals surface area (Å²) in [6.45, 7) is 4.26. The van der Waals surface area contributed by atoms with Crippen molar-refractivity contribution >= 4 is 28.3 Å². The quantitative estimate of drug-likeness (QED) is 0.462. The minimum absolute atomic E-state index is 0.0208. The minimum atomic E-state index is -0.574. The van der Waals surface area contributed by atoms with Crippen molar-refractivity contribution in [2.45, 2.75) is 26.4 Å². The number of halogens is 1. The van der Waals surface area contributed by atoms with Gasteiger partial charge in [-0.15, -0.1) is 5.53 Å². The third kappa shape index (κ3) is 4.15. The molecule has 0 radical (unpaired) electrons. The van der Waals surface area contributed by atoms with Gasteiger partial charge in [0.25, 0.3) is 5.91 Å². The second kappa shape index (κ2) is 8.72. The molecule has 2 aromatic heterocycles. The smallest absolute Gasteiger partial charge is 0.254 e. The number of benzene rings is 2. The summed E-state index contributed by atoms with van der Waals surface area (Å²) in [5, 5.41) is 7.65. The number of carbonyl (C=O) groups excluding carboxylic acids is 1. The molecule has 3 heterocycles. The van der Waals surface area contributed by atoms with Crippen molar-refractivity contribution in [3.63, 3.8) is 0 Å². The van der Waals surface area contributed by atoms with Gasteiger partial charge in [0.2, 0.25) is 0 Å². The van der Waals surface area contributed by atoms with Gasteiger partial charge in [-0.3, -0.25) is 19.8 Å². The van der Waals surface area contributed by atoms with E-state index < -0.39 is 11.7 Å². The second-order valence-electron chi connectivity index (χ2n) is 8.64. The van der Waals surface area contributed by atoms with Crippen LogP contribution in [0.4, 0.5) is 15.9 Å². The lowest BCUT2D eigenvalue weighted by Crippen LogP contribution is -2.41. The van der Waals surface area contributed by atoms with E-state index in [1.165, 1.54) is 12.1 Å². The van der Waals surface area contributed by atoms with E-state index >= 15 is 0 Å². The van der Waals surface area contributed by atoms with Crippen LogP contribution in [0, 0.1) is 5.82 Å². The number of hydrogen-bond donors (Lipinski definition) is 2. The molecule has 8 heteroatoms. The zero-order valence-corrected chi connectivity index (χ0v) is 19.2. The number of nitrogens with zero attached hydrogens (tertiary/aromatic N) is 4. The first-order valence-electron chi connectivity index (χ1n) is 11.1. The second-order valence-corrected chi connectivity index (χ2v) is 8.64. The van der Waals surface area contributed by atoms with E-state index in [-0.39, 0.29) is 11.6 Å². The average Bonchev–Trinajstić information content (AvgIpc) is 3.12. The third-order valence-corrected chi connectivity index (χ3v) is 5.68. The number of pyridine rings is 2. The first kappa shape index (κ1) is 21.8. The van der Waals surface area contributed by atoms with Gasteiger partial charge >= 0.3 is 0 Å². The third-order valence-electron chi connectivity index (χ3n) is 5.68. The van der Waals surface area contributed by atoms with Crippen LogP contribution >= 0.6 is 0 Å². The molecule has 5 rings (SSSR count). The molecule has 0 bridgehead atoms. The van der Waals surface area contributed by atoms with Crippen LogP contribution in [-0.2, 0) is 6.54 Å². The number of hydrazine groups is 2. The molecule has 0 atom stereocenters. The Morgan fingerprint density at radius 3 is 2.76 bits per heavy atom. The Morgan fingerprint density at radius 1 is 1.12 bits per heavy atom. The Bertz CT molecular complexity index is 1390. The number of aromatic nitrogens is 2. The molecule has 34 heavy (non-hydrogen) atoms. The molecule has 7 nitrogen and oxygen atoms in total. The molecule has 0 saturated carbocycles. The van der Waals surface area contributed by atoms with Gasteiger partial charge in [-0.25, -0.2) is 9.37 Å². The summed E-state index contributed by atoms with van der Waals surface area (Å²) in [5.74, 6) is -0.258. The summed E-state index contributed by atoms with van der Waals surface area (Å²) in [7, 11) is 1.92. The lowest BCUT2D eigenvalue weighted by atomic mass is 10.1. The fraction of sp³-hybridized carbons (Fsp3) is 0.192. The van der Waals surface area contributed by atoms with Gasteiger partial charge in [0.05, 0.1) is 29.0 Å². The summed E-state index contributed by atoms with van der Waals surface area (Å²) < 4.78 is 14.7. The first-order valence-corrected chi connectivity index (χ1v) is 11.1. The van der Waals surface area contributed by atoms with Crippen LogP contribution in [0.25, 0.3) is 22.2 Å². The number of nitrogens with one attached hydrogen (secondary N) is 2. The average molecular weight is 457 g/mol. The molecular weight excluding hydrogens is 431 g/mol. The Balaban J connectivity index is 1.43. The molecule has 0 unspecified atom stereocenters. The molecule has 1 amide bonds. The number of amides is 1. The number of rotatable bonds is 5. The highest BCUT2D eigenvalue weighted by Crippen LogP contribution is 2.34.